The van der Waals surface area contributed by atoms with E-state index >= 15 is 0 Å². The predicted octanol–water partition coefficient (Wildman–Crippen LogP) is 3.87. The van der Waals surface area contributed by atoms with E-state index in [0.29, 0.717) is 55.0 Å². The maximum Gasteiger partial charge on any atom is 0.308 e. The Hall–Kier alpha value is -3.15. The highest BCUT2D eigenvalue weighted by Crippen LogP contribution is 2.40. The number of carbonyl (C=O) groups excluding carboxylic acids is 3. The quantitative estimate of drug-likeness (QED) is 0.558. The first-order chi connectivity index (χ1) is 14.3. The van der Waals surface area contributed by atoms with E-state index in [1.807, 2.05) is 26.0 Å². The first-order valence-corrected chi connectivity index (χ1v) is 10.2. The standard InChI is InChI=1S/C24H25NO5/c1-15-12-20-21(27)14-24(30-22(20)13-16(15)2)8-10-25(11-9-24)23(28)18-4-6-19(7-5-18)29-17(3)26/h4-7,12-13H,8-11,14H2,1-3H3. The summed E-state index contributed by atoms with van der Waals surface area (Å²) in [6.07, 6.45) is 1.58. The summed E-state index contributed by atoms with van der Waals surface area (Å²) < 4.78 is 11.4. The Morgan fingerprint density at radius 1 is 1.03 bits per heavy atom. The molecule has 4 rings (SSSR count). The third kappa shape index (κ3) is 3.82. The third-order valence-corrected chi connectivity index (χ3v) is 6.03. The number of hydrogen-bond donors (Lipinski definition) is 0. The Bertz CT molecular complexity index is 1020. The van der Waals surface area contributed by atoms with Crippen molar-refractivity contribution >= 4 is 17.7 Å². The zero-order chi connectivity index (χ0) is 21.5. The topological polar surface area (TPSA) is 72.9 Å². The fourth-order valence-corrected chi connectivity index (χ4v) is 4.16. The molecule has 2 aliphatic rings. The maximum absolute atomic E-state index is 12.9. The molecule has 6 nitrogen and oxygen atoms in total. The van der Waals surface area contributed by atoms with E-state index in [0.717, 1.165) is 11.1 Å². The summed E-state index contributed by atoms with van der Waals surface area (Å²) in [6.45, 7) is 6.40. The van der Waals surface area contributed by atoms with Crippen molar-refractivity contribution in [3.05, 3.63) is 58.7 Å². The molecular weight excluding hydrogens is 382 g/mol. The molecule has 0 N–H and O–H groups in total. The SMILES string of the molecule is CC(=O)Oc1ccc(C(=O)N2CCC3(CC2)CC(=O)c2cc(C)c(C)cc2O3)cc1. The molecule has 156 valence electrons. The average molecular weight is 407 g/mol. The fourth-order valence-electron chi connectivity index (χ4n) is 4.16. The molecule has 0 radical (unpaired) electrons. The number of Topliss-reactive ketones (excluding diaryl/α,β-unsaturated/α-hetero) is 1. The Kier molecular flexibility index (Phi) is 5.10. The molecule has 0 aromatic heterocycles. The van der Waals surface area contributed by atoms with Gasteiger partial charge in [-0.15, -0.1) is 0 Å². The molecule has 2 aromatic carbocycles. The van der Waals surface area contributed by atoms with Crippen LogP contribution < -0.4 is 9.47 Å². The van der Waals surface area contributed by atoms with Gasteiger partial charge in [-0.2, -0.15) is 0 Å². The van der Waals surface area contributed by atoms with Gasteiger partial charge in [-0.3, -0.25) is 14.4 Å². The number of esters is 1. The molecule has 1 spiro atoms. The average Bonchev–Trinajstić information content (AvgIpc) is 2.70. The summed E-state index contributed by atoms with van der Waals surface area (Å²) in [4.78, 5) is 38.4. The number of benzene rings is 2. The van der Waals surface area contributed by atoms with Crippen LogP contribution in [0, 0.1) is 13.8 Å². The number of piperidine rings is 1. The van der Waals surface area contributed by atoms with Gasteiger partial charge in [0.2, 0.25) is 0 Å². The number of fused-ring (bicyclic) bond motifs is 1. The van der Waals surface area contributed by atoms with Crippen molar-refractivity contribution in [1.82, 2.24) is 4.90 Å². The minimum Gasteiger partial charge on any atom is -0.486 e. The number of ketones is 1. The zero-order valence-electron chi connectivity index (χ0n) is 17.5. The van der Waals surface area contributed by atoms with E-state index in [4.69, 9.17) is 9.47 Å². The van der Waals surface area contributed by atoms with Gasteiger partial charge in [-0.25, -0.2) is 0 Å². The molecular formula is C24H25NO5. The zero-order valence-corrected chi connectivity index (χ0v) is 17.5. The monoisotopic (exact) mass is 407 g/mol. The smallest absolute Gasteiger partial charge is 0.308 e. The van der Waals surface area contributed by atoms with Crippen LogP contribution in [0.15, 0.2) is 36.4 Å². The van der Waals surface area contributed by atoms with E-state index < -0.39 is 11.6 Å². The van der Waals surface area contributed by atoms with E-state index in [1.54, 1.807) is 29.2 Å². The minimum absolute atomic E-state index is 0.0757. The van der Waals surface area contributed by atoms with Crippen LogP contribution in [0.5, 0.6) is 11.5 Å². The first-order valence-electron chi connectivity index (χ1n) is 10.2. The summed E-state index contributed by atoms with van der Waals surface area (Å²) in [5.41, 5.74) is 2.85. The van der Waals surface area contributed by atoms with Gasteiger partial charge in [-0.05, 0) is 61.4 Å². The van der Waals surface area contributed by atoms with Crippen LogP contribution in [0.4, 0.5) is 0 Å². The minimum atomic E-state index is -0.540. The number of aryl methyl sites for hydroxylation is 2. The lowest BCUT2D eigenvalue weighted by atomic mass is 9.81. The number of rotatable bonds is 2. The van der Waals surface area contributed by atoms with Crippen LogP contribution in [0.25, 0.3) is 0 Å². The van der Waals surface area contributed by atoms with Crippen LogP contribution in [0.1, 0.15) is 58.0 Å². The lowest BCUT2D eigenvalue weighted by Gasteiger charge is -2.44. The highest BCUT2D eigenvalue weighted by Gasteiger charge is 2.43. The van der Waals surface area contributed by atoms with Crippen LogP contribution in [0.2, 0.25) is 0 Å². The van der Waals surface area contributed by atoms with Crippen LogP contribution in [-0.4, -0.2) is 41.3 Å². The van der Waals surface area contributed by atoms with Crippen LogP contribution >= 0.6 is 0 Å². The molecule has 0 atom stereocenters. The third-order valence-electron chi connectivity index (χ3n) is 6.03. The Labute approximate surface area is 175 Å². The van der Waals surface area contributed by atoms with Gasteiger partial charge in [-0.1, -0.05) is 0 Å². The number of hydrogen-bond acceptors (Lipinski definition) is 5. The molecule has 1 saturated heterocycles. The van der Waals surface area contributed by atoms with Crippen molar-refractivity contribution in [2.24, 2.45) is 0 Å². The number of carbonyl (C=O) groups is 3. The maximum atomic E-state index is 12.9. The number of likely N-dealkylation sites (tertiary alicyclic amines) is 1. The molecule has 2 heterocycles. The van der Waals surface area contributed by atoms with Gasteiger partial charge < -0.3 is 14.4 Å². The number of amides is 1. The molecule has 0 saturated carbocycles. The van der Waals surface area contributed by atoms with Gasteiger partial charge >= 0.3 is 5.97 Å². The Morgan fingerprint density at radius 2 is 1.67 bits per heavy atom. The van der Waals surface area contributed by atoms with E-state index in [-0.39, 0.29) is 11.7 Å². The summed E-state index contributed by atoms with van der Waals surface area (Å²) in [6, 6.07) is 10.4. The second-order valence-electron chi connectivity index (χ2n) is 8.23. The van der Waals surface area contributed by atoms with Crippen LogP contribution in [-0.2, 0) is 4.79 Å². The predicted molar refractivity (Wildman–Crippen MR) is 111 cm³/mol. The largest absolute Gasteiger partial charge is 0.486 e. The summed E-state index contributed by atoms with van der Waals surface area (Å²) in [5, 5.41) is 0. The molecule has 1 fully saturated rings. The van der Waals surface area contributed by atoms with E-state index in [9.17, 15) is 14.4 Å². The molecule has 1 amide bonds. The van der Waals surface area contributed by atoms with E-state index in [2.05, 4.69) is 0 Å². The molecule has 0 bridgehead atoms. The van der Waals surface area contributed by atoms with Gasteiger partial charge in [0, 0.05) is 38.4 Å². The second kappa shape index (κ2) is 7.59. The Morgan fingerprint density at radius 3 is 2.30 bits per heavy atom. The highest BCUT2D eigenvalue weighted by molar-refractivity contribution is 6.00. The van der Waals surface area contributed by atoms with Gasteiger partial charge in [0.1, 0.15) is 17.1 Å². The van der Waals surface area contributed by atoms with Crippen molar-refractivity contribution in [2.45, 2.75) is 45.6 Å². The van der Waals surface area contributed by atoms with Crippen molar-refractivity contribution in [2.75, 3.05) is 13.1 Å². The number of nitrogens with zero attached hydrogens (tertiary/aromatic N) is 1. The molecule has 2 aliphatic heterocycles. The highest BCUT2D eigenvalue weighted by atomic mass is 16.5. The number of ether oxygens (including phenoxy) is 2. The van der Waals surface area contributed by atoms with Gasteiger partial charge in [0.15, 0.2) is 5.78 Å². The molecule has 30 heavy (non-hydrogen) atoms. The van der Waals surface area contributed by atoms with Crippen molar-refractivity contribution < 1.29 is 23.9 Å². The first kappa shape index (κ1) is 20.1. The second-order valence-corrected chi connectivity index (χ2v) is 8.23. The molecule has 0 aliphatic carbocycles. The normalized spacial score (nSPS) is 17.3. The summed E-state index contributed by atoms with van der Waals surface area (Å²) in [7, 11) is 0. The summed E-state index contributed by atoms with van der Waals surface area (Å²) >= 11 is 0. The Balaban J connectivity index is 1.44. The fraction of sp³-hybridized carbons (Fsp3) is 0.375. The summed E-state index contributed by atoms with van der Waals surface area (Å²) in [5.74, 6) is 0.711. The lowest BCUT2D eigenvalue weighted by Crippen LogP contribution is -2.52. The van der Waals surface area contributed by atoms with Gasteiger partial charge in [0.25, 0.3) is 5.91 Å². The van der Waals surface area contributed by atoms with Crippen molar-refractivity contribution in [1.29, 1.82) is 0 Å². The van der Waals surface area contributed by atoms with E-state index in [1.165, 1.54) is 6.92 Å². The molecule has 0 unspecified atom stereocenters. The molecule has 2 aromatic rings. The van der Waals surface area contributed by atoms with Crippen molar-refractivity contribution in [3.63, 3.8) is 0 Å². The lowest BCUT2D eigenvalue weighted by molar-refractivity contribution is -0.131. The van der Waals surface area contributed by atoms with Gasteiger partial charge in [0.05, 0.1) is 12.0 Å². The van der Waals surface area contributed by atoms with Crippen LogP contribution in [0.3, 0.4) is 0 Å². The molecule has 6 heteroatoms. The van der Waals surface area contributed by atoms with Crippen molar-refractivity contribution in [3.8, 4) is 11.5 Å².